The van der Waals surface area contributed by atoms with Crippen molar-refractivity contribution < 1.29 is 29.1 Å². The lowest BCUT2D eigenvalue weighted by Crippen LogP contribution is -2.39. The maximum absolute atomic E-state index is 12.8. The van der Waals surface area contributed by atoms with E-state index in [4.69, 9.17) is 9.47 Å². The van der Waals surface area contributed by atoms with Crippen LogP contribution in [0, 0.1) is 17.0 Å². The molecule has 0 bridgehead atoms. The second kappa shape index (κ2) is 12.2. The number of carboxylic acid groups (broad SMARTS) is 1. The van der Waals surface area contributed by atoms with E-state index in [0.29, 0.717) is 29.1 Å². The van der Waals surface area contributed by atoms with E-state index in [2.05, 4.69) is 0 Å². The van der Waals surface area contributed by atoms with E-state index in [-0.39, 0.29) is 12.2 Å². The third-order valence-electron chi connectivity index (χ3n) is 7.22. The molecule has 1 unspecified atom stereocenters. The molecular weight excluding hydrogens is 538 g/mol. The Kier molecular flexibility index (Phi) is 8.86. The van der Waals surface area contributed by atoms with E-state index >= 15 is 0 Å². The smallest absolute Gasteiger partial charge is 0.339 e. The van der Waals surface area contributed by atoms with Crippen molar-refractivity contribution in [1.29, 1.82) is 0 Å². The Balaban J connectivity index is 1.98. The van der Waals surface area contributed by atoms with Gasteiger partial charge in [-0.15, -0.1) is 0 Å². The highest BCUT2D eigenvalue weighted by Gasteiger charge is 2.35. The number of benzene rings is 2. The number of likely N-dealkylation sites (N-methyl/N-ethyl adjacent to an activating group) is 1. The van der Waals surface area contributed by atoms with E-state index < -0.39 is 22.6 Å². The van der Waals surface area contributed by atoms with Gasteiger partial charge in [0.15, 0.2) is 12.4 Å². The molecule has 0 radical (unpaired) electrons. The lowest BCUT2D eigenvalue weighted by Gasteiger charge is -2.33. The molecule has 2 heterocycles. The van der Waals surface area contributed by atoms with Crippen LogP contribution in [0.1, 0.15) is 65.5 Å². The van der Waals surface area contributed by atoms with Crippen molar-refractivity contribution in [2.24, 2.45) is 0 Å². The number of hydrogen-bond donors (Lipinski definition) is 1. The predicted octanol–water partition coefficient (Wildman–Crippen LogP) is 5.48. The van der Waals surface area contributed by atoms with E-state index in [0.717, 1.165) is 47.1 Å². The van der Waals surface area contributed by atoms with Gasteiger partial charge in [0.2, 0.25) is 0 Å². The number of aliphatic carboxylic acids is 1. The zero-order chi connectivity index (χ0) is 30.8. The molecule has 1 aliphatic rings. The Hall–Kier alpha value is -4.44. The second-order valence-corrected chi connectivity index (χ2v) is 11.6. The molecule has 1 aliphatic heterocycles. The SMILES string of the molecule is Cc1c(/C(=C(\C(OC(C)(C)C)C(=O)O)N(C)C)c2ccn(Cc3ccc([N+](=O)[O-])cc3)c2C=O)ccc2c1CCCO2. The van der Waals surface area contributed by atoms with E-state index in [1.54, 1.807) is 68.7 Å². The number of nitro benzene ring substituents is 1. The van der Waals surface area contributed by atoms with Gasteiger partial charge in [0.05, 0.1) is 28.5 Å². The van der Waals surface area contributed by atoms with Crippen LogP contribution in [0.2, 0.25) is 0 Å². The molecule has 4 rings (SSSR count). The van der Waals surface area contributed by atoms with Crippen molar-refractivity contribution in [2.75, 3.05) is 20.7 Å². The Bertz CT molecular complexity index is 1530. The second-order valence-electron chi connectivity index (χ2n) is 11.6. The Labute approximate surface area is 245 Å². The minimum absolute atomic E-state index is 0.0196. The van der Waals surface area contributed by atoms with Crippen LogP contribution >= 0.6 is 0 Å². The lowest BCUT2D eigenvalue weighted by atomic mass is 9.87. The largest absolute Gasteiger partial charge is 0.493 e. The minimum Gasteiger partial charge on any atom is -0.493 e. The number of nitrogens with zero attached hydrogens (tertiary/aromatic N) is 3. The normalized spacial score (nSPS) is 14.3. The van der Waals surface area contributed by atoms with Gasteiger partial charge in [-0.3, -0.25) is 14.9 Å². The number of rotatable bonds is 10. The minimum atomic E-state index is -1.33. The molecule has 0 aliphatic carbocycles. The number of nitro groups is 1. The van der Waals surface area contributed by atoms with Crippen LogP contribution in [0.4, 0.5) is 5.69 Å². The van der Waals surface area contributed by atoms with E-state index in [9.17, 15) is 24.8 Å². The van der Waals surface area contributed by atoms with Gasteiger partial charge in [-0.25, -0.2) is 4.79 Å². The van der Waals surface area contributed by atoms with Gasteiger partial charge in [0.1, 0.15) is 5.75 Å². The van der Waals surface area contributed by atoms with Gasteiger partial charge < -0.3 is 24.0 Å². The van der Waals surface area contributed by atoms with Gasteiger partial charge in [-0.05, 0) is 74.9 Å². The molecule has 1 aromatic heterocycles. The fourth-order valence-corrected chi connectivity index (χ4v) is 5.35. The zero-order valence-corrected chi connectivity index (χ0v) is 24.8. The summed E-state index contributed by atoms with van der Waals surface area (Å²) < 4.78 is 13.8. The number of aldehydes is 1. The Morgan fingerprint density at radius 3 is 2.43 bits per heavy atom. The highest BCUT2D eigenvalue weighted by Crippen LogP contribution is 2.39. The van der Waals surface area contributed by atoms with Crippen LogP contribution in [-0.2, 0) is 22.5 Å². The molecule has 0 fully saturated rings. The Morgan fingerprint density at radius 1 is 1.17 bits per heavy atom. The molecule has 10 nitrogen and oxygen atoms in total. The van der Waals surface area contributed by atoms with Gasteiger partial charge in [0, 0.05) is 50.1 Å². The topological polar surface area (TPSA) is 124 Å². The van der Waals surface area contributed by atoms with Gasteiger partial charge in [0.25, 0.3) is 5.69 Å². The third-order valence-corrected chi connectivity index (χ3v) is 7.22. The summed E-state index contributed by atoms with van der Waals surface area (Å²) in [6, 6.07) is 11.8. The first-order valence-electron chi connectivity index (χ1n) is 13.8. The highest BCUT2D eigenvalue weighted by molar-refractivity contribution is 5.94. The third kappa shape index (κ3) is 6.38. The number of carboxylic acids is 1. The summed E-state index contributed by atoms with van der Waals surface area (Å²) in [7, 11) is 3.53. The van der Waals surface area contributed by atoms with Gasteiger partial charge >= 0.3 is 5.97 Å². The average molecular weight is 576 g/mol. The molecule has 0 spiro atoms. The zero-order valence-electron chi connectivity index (χ0n) is 24.8. The maximum Gasteiger partial charge on any atom is 0.339 e. The van der Waals surface area contributed by atoms with Crippen LogP contribution in [0.25, 0.3) is 5.57 Å². The average Bonchev–Trinajstić information content (AvgIpc) is 3.32. The monoisotopic (exact) mass is 575 g/mol. The molecule has 2 aromatic carbocycles. The number of ether oxygens (including phenoxy) is 2. The van der Waals surface area contributed by atoms with Crippen LogP contribution in [-0.4, -0.2) is 64.2 Å². The van der Waals surface area contributed by atoms with Crippen molar-refractivity contribution in [3.05, 3.63) is 98.0 Å². The van der Waals surface area contributed by atoms with E-state index in [1.807, 2.05) is 19.1 Å². The first kappa shape index (κ1) is 30.5. The highest BCUT2D eigenvalue weighted by atomic mass is 16.6. The summed E-state index contributed by atoms with van der Waals surface area (Å²) in [5, 5.41) is 21.5. The summed E-state index contributed by atoms with van der Waals surface area (Å²) in [6.07, 6.45) is 2.88. The molecule has 222 valence electrons. The fraction of sp³-hybridized carbons (Fsp3) is 0.375. The number of non-ortho nitro benzene ring substituents is 1. The molecule has 0 amide bonds. The van der Waals surface area contributed by atoms with Crippen LogP contribution in [0.3, 0.4) is 0 Å². The number of aromatic nitrogens is 1. The van der Waals surface area contributed by atoms with Crippen molar-refractivity contribution in [1.82, 2.24) is 9.47 Å². The molecule has 0 saturated carbocycles. The van der Waals surface area contributed by atoms with E-state index in [1.165, 1.54) is 12.1 Å². The first-order valence-corrected chi connectivity index (χ1v) is 13.8. The van der Waals surface area contributed by atoms with Crippen LogP contribution in [0.5, 0.6) is 5.75 Å². The lowest BCUT2D eigenvalue weighted by molar-refractivity contribution is -0.384. The molecule has 1 atom stereocenters. The predicted molar refractivity (Wildman–Crippen MR) is 159 cm³/mol. The van der Waals surface area contributed by atoms with Crippen molar-refractivity contribution in [2.45, 2.75) is 58.8 Å². The number of carbonyl (C=O) groups excluding carboxylic acids is 1. The number of carbonyl (C=O) groups is 2. The van der Waals surface area contributed by atoms with Gasteiger partial charge in [-0.2, -0.15) is 0 Å². The van der Waals surface area contributed by atoms with Crippen LogP contribution < -0.4 is 4.74 Å². The van der Waals surface area contributed by atoms with Crippen molar-refractivity contribution in [3.63, 3.8) is 0 Å². The van der Waals surface area contributed by atoms with Crippen LogP contribution in [0.15, 0.2) is 54.4 Å². The molecule has 10 heteroatoms. The van der Waals surface area contributed by atoms with Gasteiger partial charge in [-0.1, -0.05) is 18.2 Å². The summed E-state index contributed by atoms with van der Waals surface area (Å²) >= 11 is 0. The maximum atomic E-state index is 12.8. The Morgan fingerprint density at radius 2 is 1.86 bits per heavy atom. The quantitative estimate of drug-likeness (QED) is 0.191. The number of fused-ring (bicyclic) bond motifs is 1. The summed E-state index contributed by atoms with van der Waals surface area (Å²) in [5.41, 5.74) is 4.62. The van der Waals surface area contributed by atoms with Crippen molar-refractivity contribution in [3.8, 4) is 5.75 Å². The first-order chi connectivity index (χ1) is 19.8. The summed E-state index contributed by atoms with van der Waals surface area (Å²) in [5.74, 6) is -0.344. The fourth-order valence-electron chi connectivity index (χ4n) is 5.35. The summed E-state index contributed by atoms with van der Waals surface area (Å²) in [6.45, 7) is 8.32. The summed E-state index contributed by atoms with van der Waals surface area (Å²) in [4.78, 5) is 37.8. The molecule has 1 N–H and O–H groups in total. The van der Waals surface area contributed by atoms with Crippen molar-refractivity contribution >= 4 is 23.5 Å². The molecular formula is C32H37N3O7. The number of hydrogen-bond acceptors (Lipinski definition) is 7. The molecule has 0 saturated heterocycles. The molecule has 42 heavy (non-hydrogen) atoms. The molecule has 3 aromatic rings. The standard InChI is InChI=1S/C32H37N3O7/c1-20-23-8-7-17-41-27(23)14-13-24(20)28(29(33(5)6)30(31(37)38)42-32(2,3)4)25-15-16-34(26(25)19-36)18-21-9-11-22(12-10-21)35(39)40/h9-16,19,30H,7-8,17-18H2,1-6H3,(H,37,38)/b29-28-.